The van der Waals surface area contributed by atoms with Gasteiger partial charge in [0.25, 0.3) is 0 Å². The van der Waals surface area contributed by atoms with E-state index in [0.717, 1.165) is 43.1 Å². The highest BCUT2D eigenvalue weighted by Gasteiger charge is 2.37. The van der Waals surface area contributed by atoms with E-state index in [1.807, 2.05) is 24.3 Å². The fourth-order valence-corrected chi connectivity index (χ4v) is 3.66. The zero-order valence-electron chi connectivity index (χ0n) is 13.3. The van der Waals surface area contributed by atoms with Crippen LogP contribution in [-0.4, -0.2) is 47.5 Å². The molecule has 2 aromatic heterocycles. The summed E-state index contributed by atoms with van der Waals surface area (Å²) in [6.45, 7) is 2.00. The van der Waals surface area contributed by atoms with E-state index < -0.39 is 0 Å². The van der Waals surface area contributed by atoms with Crippen LogP contribution in [0.3, 0.4) is 0 Å². The SMILES string of the molecule is CO[C@H]1CNC(N2CCCC2c2cc(-c3ccccn3)no2)C1. The lowest BCUT2D eigenvalue weighted by molar-refractivity contribution is 0.0956. The van der Waals surface area contributed by atoms with E-state index in [-0.39, 0.29) is 6.04 Å². The summed E-state index contributed by atoms with van der Waals surface area (Å²) >= 11 is 0. The molecule has 23 heavy (non-hydrogen) atoms. The lowest BCUT2D eigenvalue weighted by Gasteiger charge is -2.28. The molecule has 122 valence electrons. The predicted molar refractivity (Wildman–Crippen MR) is 85.6 cm³/mol. The molecule has 0 aromatic carbocycles. The molecule has 0 saturated carbocycles. The van der Waals surface area contributed by atoms with E-state index in [1.165, 1.54) is 6.42 Å². The van der Waals surface area contributed by atoms with Crippen molar-refractivity contribution < 1.29 is 9.26 Å². The van der Waals surface area contributed by atoms with Crippen molar-refractivity contribution in [2.45, 2.75) is 37.6 Å². The minimum atomic E-state index is 0.285. The molecule has 0 radical (unpaired) electrons. The first kappa shape index (κ1) is 14.8. The largest absolute Gasteiger partial charge is 0.380 e. The van der Waals surface area contributed by atoms with Gasteiger partial charge in [-0.2, -0.15) is 0 Å². The van der Waals surface area contributed by atoms with Crippen LogP contribution in [0, 0.1) is 0 Å². The van der Waals surface area contributed by atoms with Crippen molar-refractivity contribution in [3.8, 4) is 11.4 Å². The molecule has 1 N–H and O–H groups in total. The first-order valence-corrected chi connectivity index (χ1v) is 8.25. The Bertz CT molecular complexity index is 645. The summed E-state index contributed by atoms with van der Waals surface area (Å²) in [7, 11) is 1.78. The molecule has 4 rings (SSSR count). The lowest BCUT2D eigenvalue weighted by Crippen LogP contribution is -2.41. The van der Waals surface area contributed by atoms with E-state index in [4.69, 9.17) is 9.26 Å². The van der Waals surface area contributed by atoms with E-state index in [2.05, 4.69) is 20.4 Å². The molecule has 2 aromatic rings. The highest BCUT2D eigenvalue weighted by atomic mass is 16.5. The minimum Gasteiger partial charge on any atom is -0.380 e. The van der Waals surface area contributed by atoms with Crippen molar-refractivity contribution >= 4 is 0 Å². The van der Waals surface area contributed by atoms with Gasteiger partial charge in [0.05, 0.1) is 24.0 Å². The quantitative estimate of drug-likeness (QED) is 0.933. The van der Waals surface area contributed by atoms with Crippen molar-refractivity contribution in [2.24, 2.45) is 0 Å². The van der Waals surface area contributed by atoms with Gasteiger partial charge in [0.2, 0.25) is 0 Å². The summed E-state index contributed by atoms with van der Waals surface area (Å²) < 4.78 is 11.1. The number of hydrogen-bond donors (Lipinski definition) is 1. The number of hydrogen-bond acceptors (Lipinski definition) is 6. The number of likely N-dealkylation sites (tertiary alicyclic amines) is 1. The molecule has 0 spiro atoms. The highest BCUT2D eigenvalue weighted by molar-refractivity contribution is 5.53. The molecular formula is C17H22N4O2. The molecule has 0 bridgehead atoms. The third kappa shape index (κ3) is 2.89. The molecular weight excluding hydrogens is 292 g/mol. The first-order valence-electron chi connectivity index (χ1n) is 8.25. The van der Waals surface area contributed by atoms with Crippen LogP contribution >= 0.6 is 0 Å². The summed E-state index contributed by atoms with van der Waals surface area (Å²) in [5.41, 5.74) is 1.66. The van der Waals surface area contributed by atoms with Gasteiger partial charge in [-0.05, 0) is 25.0 Å². The Morgan fingerprint density at radius 3 is 3.09 bits per heavy atom. The van der Waals surface area contributed by atoms with E-state index >= 15 is 0 Å². The fourth-order valence-electron chi connectivity index (χ4n) is 3.66. The number of pyridine rings is 1. The molecule has 2 unspecified atom stereocenters. The van der Waals surface area contributed by atoms with Crippen molar-refractivity contribution in [2.75, 3.05) is 20.2 Å². The number of aromatic nitrogens is 2. The number of ether oxygens (including phenoxy) is 1. The van der Waals surface area contributed by atoms with Crippen LogP contribution < -0.4 is 5.32 Å². The summed E-state index contributed by atoms with van der Waals surface area (Å²) in [6, 6.07) is 8.14. The van der Waals surface area contributed by atoms with Gasteiger partial charge in [-0.25, -0.2) is 0 Å². The van der Waals surface area contributed by atoms with Crippen LogP contribution in [0.5, 0.6) is 0 Å². The molecule has 2 saturated heterocycles. The number of nitrogens with zero attached hydrogens (tertiary/aromatic N) is 3. The third-order valence-electron chi connectivity index (χ3n) is 4.88. The second-order valence-corrected chi connectivity index (χ2v) is 6.24. The van der Waals surface area contributed by atoms with E-state index in [1.54, 1.807) is 13.3 Å². The average Bonchev–Trinajstić information content (AvgIpc) is 3.33. The summed E-state index contributed by atoms with van der Waals surface area (Å²) in [4.78, 5) is 6.83. The summed E-state index contributed by atoms with van der Waals surface area (Å²) in [5.74, 6) is 0.936. The Hall–Kier alpha value is -1.76. The third-order valence-corrected chi connectivity index (χ3v) is 4.88. The second-order valence-electron chi connectivity index (χ2n) is 6.24. The summed E-state index contributed by atoms with van der Waals surface area (Å²) in [6.07, 6.45) is 5.75. The van der Waals surface area contributed by atoms with Crippen molar-refractivity contribution in [3.63, 3.8) is 0 Å². The first-order chi connectivity index (χ1) is 11.3. The van der Waals surface area contributed by atoms with Gasteiger partial charge >= 0.3 is 0 Å². The van der Waals surface area contributed by atoms with E-state index in [0.29, 0.717) is 12.3 Å². The number of nitrogens with one attached hydrogen (secondary N) is 1. The van der Waals surface area contributed by atoms with Crippen LogP contribution in [0.15, 0.2) is 35.0 Å². The van der Waals surface area contributed by atoms with E-state index in [9.17, 15) is 0 Å². The topological polar surface area (TPSA) is 63.4 Å². The van der Waals surface area contributed by atoms with Crippen molar-refractivity contribution in [3.05, 3.63) is 36.2 Å². The van der Waals surface area contributed by atoms with Gasteiger partial charge in [0.1, 0.15) is 5.69 Å². The molecule has 6 heteroatoms. The molecule has 6 nitrogen and oxygen atoms in total. The number of rotatable bonds is 4. The molecule has 0 aliphatic carbocycles. The molecule has 0 amide bonds. The van der Waals surface area contributed by atoms with Gasteiger partial charge in [-0.1, -0.05) is 11.2 Å². The fraction of sp³-hybridized carbons (Fsp3) is 0.529. The second kappa shape index (κ2) is 6.39. The Morgan fingerprint density at radius 1 is 1.35 bits per heavy atom. The van der Waals surface area contributed by atoms with Crippen LogP contribution in [0.1, 0.15) is 31.1 Å². The van der Waals surface area contributed by atoms with Crippen molar-refractivity contribution in [1.29, 1.82) is 0 Å². The predicted octanol–water partition coefficient (Wildman–Crippen LogP) is 2.21. The number of methoxy groups -OCH3 is 1. The molecule has 4 heterocycles. The Balaban J connectivity index is 1.52. The van der Waals surface area contributed by atoms with Crippen LogP contribution in [-0.2, 0) is 4.74 Å². The van der Waals surface area contributed by atoms with Gasteiger partial charge in [0, 0.05) is 38.9 Å². The normalized spacial score (nSPS) is 28.5. The van der Waals surface area contributed by atoms with Gasteiger partial charge in [0.15, 0.2) is 5.76 Å². The van der Waals surface area contributed by atoms with Gasteiger partial charge in [-0.3, -0.25) is 15.2 Å². The molecule has 2 fully saturated rings. The van der Waals surface area contributed by atoms with Gasteiger partial charge < -0.3 is 9.26 Å². The van der Waals surface area contributed by atoms with Crippen molar-refractivity contribution in [1.82, 2.24) is 20.4 Å². The van der Waals surface area contributed by atoms with Crippen LogP contribution in [0.4, 0.5) is 0 Å². The zero-order chi connectivity index (χ0) is 15.6. The zero-order valence-corrected chi connectivity index (χ0v) is 13.3. The maximum atomic E-state index is 5.66. The highest BCUT2D eigenvalue weighted by Crippen LogP contribution is 2.36. The summed E-state index contributed by atoms with van der Waals surface area (Å²) in [5, 5.41) is 7.78. The van der Waals surface area contributed by atoms with Gasteiger partial charge in [-0.15, -0.1) is 0 Å². The maximum absolute atomic E-state index is 5.66. The van der Waals surface area contributed by atoms with Crippen LogP contribution in [0.2, 0.25) is 0 Å². The molecule has 3 atom stereocenters. The lowest BCUT2D eigenvalue weighted by atomic mass is 10.1. The standard InChI is InChI=1S/C17H22N4O2/c1-22-12-9-17(19-11-12)21-8-4-6-15(21)16-10-14(20-23-16)13-5-2-3-7-18-13/h2-3,5,7,10,12,15,17,19H,4,6,8-9,11H2,1H3/t12-,15?,17?/m1/s1. The smallest absolute Gasteiger partial charge is 0.154 e. The Kier molecular flexibility index (Phi) is 4.11. The molecule has 2 aliphatic rings. The minimum absolute atomic E-state index is 0.285. The monoisotopic (exact) mass is 314 g/mol. The Labute approximate surface area is 135 Å². The Morgan fingerprint density at radius 2 is 2.30 bits per heavy atom. The average molecular weight is 314 g/mol. The van der Waals surface area contributed by atoms with Crippen LogP contribution in [0.25, 0.3) is 11.4 Å². The maximum Gasteiger partial charge on any atom is 0.154 e. The molecule has 2 aliphatic heterocycles.